The zero-order valence-corrected chi connectivity index (χ0v) is 10.9. The Morgan fingerprint density at radius 2 is 2.12 bits per heavy atom. The van der Waals surface area contributed by atoms with Crippen LogP contribution in [-0.4, -0.2) is 17.1 Å². The molecule has 0 saturated carbocycles. The molecule has 1 aromatic heterocycles. The first-order valence-corrected chi connectivity index (χ1v) is 5.91. The van der Waals surface area contributed by atoms with E-state index < -0.39 is 0 Å². The molecular formula is C12H20ClN3. The number of hydrogen-bond acceptors (Lipinski definition) is 3. The van der Waals surface area contributed by atoms with Gasteiger partial charge >= 0.3 is 0 Å². The summed E-state index contributed by atoms with van der Waals surface area (Å²) in [4.78, 5) is 4.03. The SMILES string of the molecule is CC(C)(C)NCCCc1cc(Cl)cnc1N. The lowest BCUT2D eigenvalue weighted by Gasteiger charge is -2.20. The Morgan fingerprint density at radius 1 is 1.44 bits per heavy atom. The van der Waals surface area contributed by atoms with Crippen LogP contribution in [0, 0.1) is 0 Å². The Hall–Kier alpha value is -0.800. The van der Waals surface area contributed by atoms with Crippen LogP contribution in [0.2, 0.25) is 5.02 Å². The van der Waals surface area contributed by atoms with Crippen LogP contribution < -0.4 is 11.1 Å². The number of pyridine rings is 1. The topological polar surface area (TPSA) is 50.9 Å². The van der Waals surface area contributed by atoms with Gasteiger partial charge in [0.25, 0.3) is 0 Å². The third-order valence-electron chi connectivity index (χ3n) is 2.25. The van der Waals surface area contributed by atoms with Crippen molar-refractivity contribution in [3.63, 3.8) is 0 Å². The quantitative estimate of drug-likeness (QED) is 0.797. The predicted octanol–water partition coefficient (Wildman–Crippen LogP) is 2.64. The fourth-order valence-electron chi connectivity index (χ4n) is 1.43. The van der Waals surface area contributed by atoms with E-state index in [4.69, 9.17) is 17.3 Å². The summed E-state index contributed by atoms with van der Waals surface area (Å²) in [5.74, 6) is 0.583. The fraction of sp³-hybridized carbons (Fsp3) is 0.583. The highest BCUT2D eigenvalue weighted by Gasteiger charge is 2.08. The average Bonchev–Trinajstić information content (AvgIpc) is 2.16. The lowest BCUT2D eigenvalue weighted by molar-refractivity contribution is 0.422. The summed E-state index contributed by atoms with van der Waals surface area (Å²) in [5, 5.41) is 4.08. The fourth-order valence-corrected chi connectivity index (χ4v) is 1.61. The third kappa shape index (κ3) is 4.81. The second-order valence-electron chi connectivity index (χ2n) is 4.98. The average molecular weight is 242 g/mol. The minimum Gasteiger partial charge on any atom is -0.383 e. The molecule has 0 atom stereocenters. The molecule has 0 radical (unpaired) electrons. The standard InChI is InChI=1S/C12H20ClN3/c1-12(2,3)16-6-4-5-9-7-10(13)8-15-11(9)14/h7-8,16H,4-6H2,1-3H3,(H2,14,15). The normalized spacial score (nSPS) is 11.8. The van der Waals surface area contributed by atoms with Gasteiger partial charge in [0.15, 0.2) is 0 Å². The zero-order valence-electron chi connectivity index (χ0n) is 10.2. The molecule has 0 fully saturated rings. The van der Waals surface area contributed by atoms with Crippen molar-refractivity contribution in [3.05, 3.63) is 22.8 Å². The van der Waals surface area contributed by atoms with Gasteiger partial charge in [-0.05, 0) is 51.8 Å². The van der Waals surface area contributed by atoms with Gasteiger partial charge < -0.3 is 11.1 Å². The number of hydrogen-bond donors (Lipinski definition) is 2. The maximum Gasteiger partial charge on any atom is 0.126 e. The summed E-state index contributed by atoms with van der Waals surface area (Å²) in [6.45, 7) is 7.43. The van der Waals surface area contributed by atoms with Crippen molar-refractivity contribution in [2.24, 2.45) is 0 Å². The van der Waals surface area contributed by atoms with Crippen LogP contribution in [0.5, 0.6) is 0 Å². The second-order valence-corrected chi connectivity index (χ2v) is 5.41. The first-order chi connectivity index (χ1) is 7.38. The zero-order chi connectivity index (χ0) is 12.2. The molecule has 0 aliphatic heterocycles. The molecule has 0 bridgehead atoms. The first-order valence-electron chi connectivity index (χ1n) is 5.53. The molecule has 3 nitrogen and oxygen atoms in total. The molecule has 0 amide bonds. The van der Waals surface area contributed by atoms with Crippen LogP contribution in [0.25, 0.3) is 0 Å². The minimum atomic E-state index is 0.165. The molecule has 0 aliphatic carbocycles. The van der Waals surface area contributed by atoms with E-state index in [-0.39, 0.29) is 5.54 Å². The molecular weight excluding hydrogens is 222 g/mol. The molecule has 4 heteroatoms. The van der Waals surface area contributed by atoms with Crippen LogP contribution >= 0.6 is 11.6 Å². The third-order valence-corrected chi connectivity index (χ3v) is 2.45. The van der Waals surface area contributed by atoms with Gasteiger partial charge in [-0.15, -0.1) is 0 Å². The van der Waals surface area contributed by atoms with Crippen LogP contribution in [-0.2, 0) is 6.42 Å². The van der Waals surface area contributed by atoms with Crippen LogP contribution in [0.3, 0.4) is 0 Å². The molecule has 3 N–H and O–H groups in total. The number of anilines is 1. The van der Waals surface area contributed by atoms with Crippen molar-refractivity contribution >= 4 is 17.4 Å². The van der Waals surface area contributed by atoms with E-state index in [0.29, 0.717) is 10.8 Å². The Labute approximate surface area is 102 Å². The molecule has 0 aromatic carbocycles. The van der Waals surface area contributed by atoms with Crippen molar-refractivity contribution in [3.8, 4) is 0 Å². The highest BCUT2D eigenvalue weighted by atomic mass is 35.5. The summed E-state index contributed by atoms with van der Waals surface area (Å²) >= 11 is 5.87. The van der Waals surface area contributed by atoms with Crippen LogP contribution in [0.4, 0.5) is 5.82 Å². The van der Waals surface area contributed by atoms with E-state index in [9.17, 15) is 0 Å². The Kier molecular flexibility index (Phi) is 4.56. The molecule has 0 aliphatic rings. The van der Waals surface area contributed by atoms with E-state index in [1.54, 1.807) is 6.20 Å². The Balaban J connectivity index is 2.40. The summed E-state index contributed by atoms with van der Waals surface area (Å²) in [6, 6.07) is 1.89. The number of nitrogens with zero attached hydrogens (tertiary/aromatic N) is 1. The van der Waals surface area contributed by atoms with Crippen molar-refractivity contribution < 1.29 is 0 Å². The van der Waals surface area contributed by atoms with Crippen molar-refractivity contribution in [2.45, 2.75) is 39.2 Å². The van der Waals surface area contributed by atoms with Crippen molar-refractivity contribution in [1.29, 1.82) is 0 Å². The molecule has 1 rings (SSSR count). The number of rotatable bonds is 4. The van der Waals surface area contributed by atoms with E-state index in [1.165, 1.54) is 0 Å². The van der Waals surface area contributed by atoms with Gasteiger partial charge in [-0.2, -0.15) is 0 Å². The largest absolute Gasteiger partial charge is 0.383 e. The van der Waals surface area contributed by atoms with Gasteiger partial charge in [0.1, 0.15) is 5.82 Å². The highest BCUT2D eigenvalue weighted by molar-refractivity contribution is 6.30. The van der Waals surface area contributed by atoms with Gasteiger partial charge in [0.2, 0.25) is 0 Å². The van der Waals surface area contributed by atoms with Crippen molar-refractivity contribution in [1.82, 2.24) is 10.3 Å². The van der Waals surface area contributed by atoms with Crippen molar-refractivity contribution in [2.75, 3.05) is 12.3 Å². The van der Waals surface area contributed by atoms with Gasteiger partial charge in [-0.3, -0.25) is 0 Å². The van der Waals surface area contributed by atoms with E-state index in [1.807, 2.05) is 6.07 Å². The molecule has 16 heavy (non-hydrogen) atoms. The monoisotopic (exact) mass is 241 g/mol. The number of aromatic nitrogens is 1. The minimum absolute atomic E-state index is 0.165. The molecule has 90 valence electrons. The maximum atomic E-state index is 5.87. The second kappa shape index (κ2) is 5.51. The number of aryl methyl sites for hydroxylation is 1. The lowest BCUT2D eigenvalue weighted by Crippen LogP contribution is -2.36. The van der Waals surface area contributed by atoms with E-state index in [2.05, 4.69) is 31.1 Å². The number of nitrogens with one attached hydrogen (secondary N) is 1. The lowest BCUT2D eigenvalue weighted by atomic mass is 10.1. The number of halogens is 1. The molecule has 1 aromatic rings. The number of nitrogens with two attached hydrogens (primary N) is 1. The smallest absolute Gasteiger partial charge is 0.126 e. The highest BCUT2D eigenvalue weighted by Crippen LogP contribution is 2.16. The van der Waals surface area contributed by atoms with Crippen LogP contribution in [0.1, 0.15) is 32.8 Å². The summed E-state index contributed by atoms with van der Waals surface area (Å²) < 4.78 is 0. The van der Waals surface area contributed by atoms with E-state index in [0.717, 1.165) is 24.9 Å². The molecule has 0 saturated heterocycles. The molecule has 1 heterocycles. The Bertz CT molecular complexity index is 345. The van der Waals surface area contributed by atoms with Gasteiger partial charge in [-0.1, -0.05) is 11.6 Å². The summed E-state index contributed by atoms with van der Waals surface area (Å²) in [7, 11) is 0. The predicted molar refractivity (Wildman–Crippen MR) is 69.7 cm³/mol. The van der Waals surface area contributed by atoms with Crippen LogP contribution in [0.15, 0.2) is 12.3 Å². The number of nitrogen functional groups attached to an aromatic ring is 1. The van der Waals surface area contributed by atoms with E-state index >= 15 is 0 Å². The molecule has 0 unspecified atom stereocenters. The first kappa shape index (κ1) is 13.3. The molecule has 0 spiro atoms. The van der Waals surface area contributed by atoms with Gasteiger partial charge in [0.05, 0.1) is 5.02 Å². The Morgan fingerprint density at radius 3 is 2.75 bits per heavy atom. The summed E-state index contributed by atoms with van der Waals surface area (Å²) in [6.07, 6.45) is 3.51. The maximum absolute atomic E-state index is 5.87. The summed E-state index contributed by atoms with van der Waals surface area (Å²) in [5.41, 5.74) is 6.96. The van der Waals surface area contributed by atoms with Gasteiger partial charge in [0, 0.05) is 11.7 Å². The van der Waals surface area contributed by atoms with Gasteiger partial charge in [-0.25, -0.2) is 4.98 Å².